The highest BCUT2D eigenvalue weighted by Crippen LogP contribution is 2.36. The molecule has 0 atom stereocenters. The van der Waals surface area contributed by atoms with Crippen LogP contribution in [-0.2, 0) is 6.42 Å². The second-order valence-electron chi connectivity index (χ2n) is 9.58. The molecule has 0 fully saturated rings. The van der Waals surface area contributed by atoms with E-state index in [2.05, 4.69) is 85.6 Å². The number of rotatable bonds is 11. The fraction of sp³-hybridized carbons (Fsp3) is 0.0811. The molecule has 0 radical (unpaired) electrons. The van der Waals surface area contributed by atoms with Crippen LogP contribution in [0.5, 0.6) is 17.2 Å². The Kier molecular flexibility index (Phi) is 8.43. The molecule has 0 bridgehead atoms. The minimum Gasteiger partial charge on any atom is -0.493 e. The monoisotopic (exact) mass is 523 g/mol. The Bertz CT molecular complexity index is 1530. The zero-order valence-electron chi connectivity index (χ0n) is 22.8. The molecule has 0 spiro atoms. The predicted octanol–water partition coefficient (Wildman–Crippen LogP) is 10.2. The van der Waals surface area contributed by atoms with Crippen LogP contribution in [0.25, 0.3) is 12.2 Å². The Labute approximate surface area is 237 Å². The molecule has 0 saturated carbocycles. The van der Waals surface area contributed by atoms with Crippen LogP contribution >= 0.6 is 0 Å². The number of aryl methyl sites for hydroxylation is 1. The van der Waals surface area contributed by atoms with E-state index in [-0.39, 0.29) is 0 Å². The first-order valence-corrected chi connectivity index (χ1v) is 13.4. The van der Waals surface area contributed by atoms with Gasteiger partial charge in [-0.2, -0.15) is 0 Å². The van der Waals surface area contributed by atoms with Crippen molar-refractivity contribution in [2.24, 2.45) is 0 Å². The lowest BCUT2D eigenvalue weighted by molar-refractivity contribution is 0.322. The molecule has 0 heterocycles. The average molecular weight is 524 g/mol. The molecule has 3 nitrogen and oxygen atoms in total. The molecule has 0 N–H and O–H groups in total. The molecule has 0 aliphatic carbocycles. The van der Waals surface area contributed by atoms with Crippen molar-refractivity contribution in [3.05, 3.63) is 157 Å². The van der Waals surface area contributed by atoms with Crippen LogP contribution in [0.1, 0.15) is 22.3 Å². The van der Waals surface area contributed by atoms with Gasteiger partial charge in [0.05, 0.1) is 6.61 Å². The Balaban J connectivity index is 1.31. The first kappa shape index (κ1) is 26.6. The van der Waals surface area contributed by atoms with E-state index in [1.54, 1.807) is 0 Å². The van der Waals surface area contributed by atoms with E-state index >= 15 is 0 Å². The zero-order chi connectivity index (χ0) is 27.7. The molecule has 5 aromatic rings. The van der Waals surface area contributed by atoms with Gasteiger partial charge in [-0.25, -0.2) is 0 Å². The van der Waals surface area contributed by atoms with Crippen LogP contribution in [0.15, 0.2) is 134 Å². The van der Waals surface area contributed by atoms with E-state index in [0.717, 1.165) is 51.9 Å². The van der Waals surface area contributed by atoms with Crippen molar-refractivity contribution < 1.29 is 9.47 Å². The average Bonchev–Trinajstić information content (AvgIpc) is 3.00. The zero-order valence-corrected chi connectivity index (χ0v) is 22.8. The van der Waals surface area contributed by atoms with Crippen molar-refractivity contribution in [1.82, 2.24) is 0 Å². The molecule has 0 aromatic heterocycles. The van der Waals surface area contributed by atoms with E-state index in [1.165, 1.54) is 11.1 Å². The fourth-order valence-electron chi connectivity index (χ4n) is 4.41. The minimum atomic E-state index is 0.617. The summed E-state index contributed by atoms with van der Waals surface area (Å²) < 4.78 is 12.0. The first-order valence-electron chi connectivity index (χ1n) is 13.4. The summed E-state index contributed by atoms with van der Waals surface area (Å²) in [5.41, 5.74) is 7.83. The second-order valence-corrected chi connectivity index (χ2v) is 9.58. The number of hydrogen-bond acceptors (Lipinski definition) is 3. The number of anilines is 3. The van der Waals surface area contributed by atoms with Crippen molar-refractivity contribution in [2.45, 2.75) is 13.3 Å². The lowest BCUT2D eigenvalue weighted by Crippen LogP contribution is -2.10. The largest absolute Gasteiger partial charge is 0.493 e. The highest BCUT2D eigenvalue weighted by atomic mass is 16.5. The highest BCUT2D eigenvalue weighted by molar-refractivity contribution is 5.77. The Morgan fingerprint density at radius 2 is 0.975 bits per heavy atom. The molecule has 198 valence electrons. The van der Waals surface area contributed by atoms with E-state index in [9.17, 15) is 0 Å². The lowest BCUT2D eigenvalue weighted by Gasteiger charge is -2.26. The van der Waals surface area contributed by atoms with Gasteiger partial charge in [0, 0.05) is 23.5 Å². The predicted molar refractivity (Wildman–Crippen MR) is 168 cm³/mol. The summed E-state index contributed by atoms with van der Waals surface area (Å²) in [6.07, 6.45) is 4.48. The molecule has 3 heteroatoms. The lowest BCUT2D eigenvalue weighted by atomic mass is 10.1. The van der Waals surface area contributed by atoms with E-state index < -0.39 is 0 Å². The van der Waals surface area contributed by atoms with Gasteiger partial charge < -0.3 is 14.4 Å². The quantitative estimate of drug-likeness (QED) is 0.172. The third kappa shape index (κ3) is 6.69. The van der Waals surface area contributed by atoms with Crippen LogP contribution < -0.4 is 14.4 Å². The van der Waals surface area contributed by atoms with Gasteiger partial charge >= 0.3 is 0 Å². The normalized spacial score (nSPS) is 10.5. The molecule has 0 saturated heterocycles. The van der Waals surface area contributed by atoms with Gasteiger partial charge in [-0.15, -0.1) is 0 Å². The second kappa shape index (κ2) is 12.7. The third-order valence-electron chi connectivity index (χ3n) is 6.71. The van der Waals surface area contributed by atoms with Gasteiger partial charge in [0.2, 0.25) is 0 Å². The number of benzene rings is 5. The van der Waals surface area contributed by atoms with Crippen LogP contribution in [0.4, 0.5) is 17.1 Å². The number of nitrogens with zero attached hydrogens (tertiary/aromatic N) is 1. The summed E-state index contributed by atoms with van der Waals surface area (Å²) in [5, 5.41) is 0. The molecular weight excluding hydrogens is 490 g/mol. The number of hydrogen-bond donors (Lipinski definition) is 0. The summed E-state index contributed by atoms with van der Waals surface area (Å²) in [6.45, 7) is 10.3. The maximum absolute atomic E-state index is 6.07. The Hall–Kier alpha value is -5.02. The van der Waals surface area contributed by atoms with Gasteiger partial charge in [0.1, 0.15) is 17.2 Å². The topological polar surface area (TPSA) is 21.7 Å². The van der Waals surface area contributed by atoms with Crippen molar-refractivity contribution in [1.29, 1.82) is 0 Å². The smallest absolute Gasteiger partial charge is 0.127 e. The standard InChI is InChI=1S/C37H33NO2/c1-4-29-10-20-35(21-11-29)39-27-26-31-8-16-33(17-9-31)38(32-14-6-28(3)7-15-32)34-18-24-37(25-19-34)40-36-22-12-30(5-2)13-23-36/h4-25H,1-2,26-27H2,3H3. The molecule has 5 rings (SSSR count). The molecule has 0 aliphatic rings. The molecular formula is C37H33NO2. The van der Waals surface area contributed by atoms with Crippen molar-refractivity contribution in [2.75, 3.05) is 11.5 Å². The van der Waals surface area contributed by atoms with Crippen LogP contribution in [-0.4, -0.2) is 6.61 Å². The Morgan fingerprint density at radius 3 is 1.48 bits per heavy atom. The van der Waals surface area contributed by atoms with E-state index in [1.807, 2.05) is 72.8 Å². The van der Waals surface area contributed by atoms with Crippen molar-refractivity contribution in [3.63, 3.8) is 0 Å². The van der Waals surface area contributed by atoms with E-state index in [0.29, 0.717) is 6.61 Å². The maximum atomic E-state index is 6.07. The molecule has 0 aliphatic heterocycles. The van der Waals surface area contributed by atoms with Crippen molar-refractivity contribution in [3.8, 4) is 17.2 Å². The SMILES string of the molecule is C=Cc1ccc(OCCc2ccc(N(c3ccc(C)cc3)c3ccc(Oc4ccc(C=C)cc4)cc3)cc2)cc1. The summed E-state index contributed by atoms with van der Waals surface area (Å²) in [6, 6.07) is 41.3. The first-order chi connectivity index (χ1) is 19.6. The van der Waals surface area contributed by atoms with Crippen LogP contribution in [0.2, 0.25) is 0 Å². The van der Waals surface area contributed by atoms with Crippen LogP contribution in [0.3, 0.4) is 0 Å². The molecule has 0 unspecified atom stereocenters. The van der Waals surface area contributed by atoms with E-state index in [4.69, 9.17) is 9.47 Å². The number of ether oxygens (including phenoxy) is 2. The highest BCUT2D eigenvalue weighted by Gasteiger charge is 2.13. The van der Waals surface area contributed by atoms with Gasteiger partial charge in [-0.1, -0.05) is 79.4 Å². The van der Waals surface area contributed by atoms with Crippen LogP contribution in [0, 0.1) is 6.92 Å². The third-order valence-corrected chi connectivity index (χ3v) is 6.71. The maximum Gasteiger partial charge on any atom is 0.127 e. The molecule has 5 aromatic carbocycles. The minimum absolute atomic E-state index is 0.617. The fourth-order valence-corrected chi connectivity index (χ4v) is 4.41. The molecule has 0 amide bonds. The van der Waals surface area contributed by atoms with Gasteiger partial charge in [-0.05, 0) is 96.4 Å². The van der Waals surface area contributed by atoms with Crippen molar-refractivity contribution >= 4 is 29.2 Å². The summed E-state index contributed by atoms with van der Waals surface area (Å²) in [4.78, 5) is 2.25. The van der Waals surface area contributed by atoms with Gasteiger partial charge in [0.25, 0.3) is 0 Å². The summed E-state index contributed by atoms with van der Waals surface area (Å²) in [5.74, 6) is 2.45. The van der Waals surface area contributed by atoms with Gasteiger partial charge in [0.15, 0.2) is 0 Å². The molecule has 40 heavy (non-hydrogen) atoms. The Morgan fingerprint density at radius 1 is 0.550 bits per heavy atom. The summed E-state index contributed by atoms with van der Waals surface area (Å²) >= 11 is 0. The van der Waals surface area contributed by atoms with Gasteiger partial charge in [-0.3, -0.25) is 0 Å². The summed E-state index contributed by atoms with van der Waals surface area (Å²) in [7, 11) is 0.